The first-order valence-corrected chi connectivity index (χ1v) is 10.2. The molecule has 3 aromatic heterocycles. The molecule has 1 N–H and O–H groups in total. The summed E-state index contributed by atoms with van der Waals surface area (Å²) in [6, 6.07) is 4.02. The summed E-state index contributed by atoms with van der Waals surface area (Å²) >= 11 is 0. The van der Waals surface area contributed by atoms with Gasteiger partial charge in [-0.3, -0.25) is 0 Å². The van der Waals surface area contributed by atoms with Crippen LogP contribution in [-0.4, -0.2) is 40.7 Å². The van der Waals surface area contributed by atoms with Gasteiger partial charge in [-0.25, -0.2) is 15.0 Å². The SMILES string of the molecule is Cc1ccc2ncnc(NC34CC5CC(C3)CC(n3nnc(C)n3)(C5)C4)c2n1. The fraction of sp³-hybridized carbons (Fsp3) is 0.600. The van der Waals surface area contributed by atoms with Crippen molar-refractivity contribution >= 4 is 16.9 Å². The molecule has 0 aliphatic heterocycles. The molecule has 2 atom stereocenters. The van der Waals surface area contributed by atoms with Gasteiger partial charge in [-0.15, -0.1) is 10.2 Å². The van der Waals surface area contributed by atoms with Gasteiger partial charge in [-0.2, -0.15) is 4.80 Å². The number of aryl methyl sites for hydroxylation is 2. The third-order valence-electron chi connectivity index (χ3n) is 6.97. The Morgan fingerprint density at radius 1 is 1.07 bits per heavy atom. The Balaban J connectivity index is 1.42. The van der Waals surface area contributed by atoms with Gasteiger partial charge in [0.2, 0.25) is 0 Å². The average Bonchev–Trinajstić information content (AvgIpc) is 3.08. The van der Waals surface area contributed by atoms with Gasteiger partial charge < -0.3 is 5.32 Å². The zero-order valence-corrected chi connectivity index (χ0v) is 16.3. The minimum absolute atomic E-state index is 0.0122. The van der Waals surface area contributed by atoms with E-state index in [-0.39, 0.29) is 11.1 Å². The fourth-order valence-corrected chi connectivity index (χ4v) is 6.46. The maximum atomic E-state index is 4.73. The quantitative estimate of drug-likeness (QED) is 0.751. The Hall–Kier alpha value is -2.64. The highest BCUT2D eigenvalue weighted by atomic mass is 15.6. The fourth-order valence-electron chi connectivity index (χ4n) is 6.46. The highest BCUT2D eigenvalue weighted by Gasteiger charge is 2.60. The number of aromatic nitrogens is 7. The number of tetrazole rings is 1. The van der Waals surface area contributed by atoms with E-state index >= 15 is 0 Å². The summed E-state index contributed by atoms with van der Waals surface area (Å²) in [7, 11) is 0. The Bertz CT molecular complexity index is 1060. The number of rotatable bonds is 3. The van der Waals surface area contributed by atoms with Crippen molar-refractivity contribution < 1.29 is 0 Å². The monoisotopic (exact) mass is 376 g/mol. The highest BCUT2D eigenvalue weighted by molar-refractivity contribution is 5.85. The van der Waals surface area contributed by atoms with Crippen molar-refractivity contribution in [2.45, 2.75) is 63.5 Å². The smallest absolute Gasteiger partial charge is 0.171 e. The molecule has 7 rings (SSSR count). The van der Waals surface area contributed by atoms with E-state index < -0.39 is 0 Å². The number of hydrogen-bond acceptors (Lipinski definition) is 7. The molecular weight excluding hydrogens is 352 g/mol. The maximum Gasteiger partial charge on any atom is 0.171 e. The van der Waals surface area contributed by atoms with Crippen LogP contribution in [0.15, 0.2) is 18.5 Å². The number of nitrogens with zero attached hydrogens (tertiary/aromatic N) is 7. The van der Waals surface area contributed by atoms with Gasteiger partial charge in [-0.1, -0.05) is 0 Å². The summed E-state index contributed by atoms with van der Waals surface area (Å²) in [6.45, 7) is 3.92. The van der Waals surface area contributed by atoms with Crippen LogP contribution in [0.4, 0.5) is 5.82 Å². The first-order valence-electron chi connectivity index (χ1n) is 10.2. The zero-order valence-electron chi connectivity index (χ0n) is 16.3. The summed E-state index contributed by atoms with van der Waals surface area (Å²) in [5, 5.41) is 17.1. The summed E-state index contributed by atoms with van der Waals surface area (Å²) in [5.74, 6) is 3.00. The van der Waals surface area contributed by atoms with E-state index in [9.17, 15) is 0 Å². The molecule has 4 saturated carbocycles. The van der Waals surface area contributed by atoms with E-state index in [1.54, 1.807) is 6.33 Å². The lowest BCUT2D eigenvalue weighted by Crippen LogP contribution is -2.63. The average molecular weight is 376 g/mol. The second-order valence-corrected chi connectivity index (χ2v) is 9.26. The van der Waals surface area contributed by atoms with Crippen LogP contribution in [0.5, 0.6) is 0 Å². The molecule has 0 aromatic carbocycles. The van der Waals surface area contributed by atoms with Gasteiger partial charge >= 0.3 is 0 Å². The number of hydrogen-bond donors (Lipinski definition) is 1. The lowest BCUT2D eigenvalue weighted by molar-refractivity contribution is -0.0634. The minimum Gasteiger partial charge on any atom is -0.363 e. The van der Waals surface area contributed by atoms with Gasteiger partial charge in [0.05, 0.1) is 11.1 Å². The number of fused-ring (bicyclic) bond motifs is 1. The molecule has 3 heterocycles. The molecule has 0 radical (unpaired) electrons. The van der Waals surface area contributed by atoms with Crippen LogP contribution in [0.1, 0.15) is 50.0 Å². The lowest BCUT2D eigenvalue weighted by atomic mass is 9.50. The number of anilines is 1. The largest absolute Gasteiger partial charge is 0.363 e. The Morgan fingerprint density at radius 3 is 2.64 bits per heavy atom. The van der Waals surface area contributed by atoms with Crippen molar-refractivity contribution in [3.8, 4) is 0 Å². The van der Waals surface area contributed by atoms with E-state index in [1.165, 1.54) is 19.3 Å². The molecule has 4 fully saturated rings. The molecule has 3 aromatic rings. The summed E-state index contributed by atoms with van der Waals surface area (Å²) in [4.78, 5) is 15.6. The molecule has 144 valence electrons. The third kappa shape index (κ3) is 2.36. The van der Waals surface area contributed by atoms with Gasteiger partial charge in [-0.05, 0) is 81.6 Å². The van der Waals surface area contributed by atoms with Gasteiger partial charge in [0.15, 0.2) is 11.6 Å². The van der Waals surface area contributed by atoms with E-state index in [4.69, 9.17) is 4.98 Å². The van der Waals surface area contributed by atoms with Crippen molar-refractivity contribution in [3.63, 3.8) is 0 Å². The van der Waals surface area contributed by atoms with Gasteiger partial charge in [0.25, 0.3) is 0 Å². The van der Waals surface area contributed by atoms with Gasteiger partial charge in [0.1, 0.15) is 11.8 Å². The predicted molar refractivity (Wildman–Crippen MR) is 104 cm³/mol. The van der Waals surface area contributed by atoms with E-state index in [1.807, 2.05) is 30.8 Å². The van der Waals surface area contributed by atoms with Crippen LogP contribution in [0.2, 0.25) is 0 Å². The standard InChI is InChI=1S/C20H24N8/c1-12-3-4-16-17(23-12)18(22-11-21-16)24-19-6-14-5-15(7-19)9-20(8-14,10-19)28-26-13(2)25-27-28/h3-4,11,14-15H,5-10H2,1-2H3,(H,21,22,24). The molecule has 8 nitrogen and oxygen atoms in total. The topological polar surface area (TPSA) is 94.3 Å². The Labute approximate surface area is 163 Å². The number of pyridine rings is 1. The molecular formula is C20H24N8. The van der Waals surface area contributed by atoms with Crippen LogP contribution >= 0.6 is 0 Å². The van der Waals surface area contributed by atoms with Crippen molar-refractivity contribution in [2.75, 3.05) is 5.32 Å². The van der Waals surface area contributed by atoms with Crippen LogP contribution in [0.25, 0.3) is 11.0 Å². The Kier molecular flexibility index (Phi) is 3.18. The molecule has 4 bridgehead atoms. The molecule has 4 aliphatic rings. The summed E-state index contributed by atoms with van der Waals surface area (Å²) < 4.78 is 0. The molecule has 28 heavy (non-hydrogen) atoms. The van der Waals surface area contributed by atoms with Crippen molar-refractivity contribution in [1.82, 2.24) is 35.2 Å². The molecule has 0 amide bonds. The van der Waals surface area contributed by atoms with Crippen LogP contribution < -0.4 is 5.32 Å². The zero-order chi connectivity index (χ0) is 18.9. The molecule has 4 aliphatic carbocycles. The van der Waals surface area contributed by atoms with E-state index in [2.05, 4.69) is 30.7 Å². The Morgan fingerprint density at radius 2 is 1.89 bits per heavy atom. The van der Waals surface area contributed by atoms with Crippen LogP contribution in [-0.2, 0) is 5.54 Å². The van der Waals surface area contributed by atoms with Crippen LogP contribution in [0.3, 0.4) is 0 Å². The summed E-state index contributed by atoms with van der Waals surface area (Å²) in [5.41, 5.74) is 2.72. The second kappa shape index (κ2) is 5.46. The van der Waals surface area contributed by atoms with Crippen molar-refractivity contribution in [2.24, 2.45) is 11.8 Å². The maximum absolute atomic E-state index is 4.73. The highest BCUT2D eigenvalue weighted by Crippen LogP contribution is 2.60. The summed E-state index contributed by atoms with van der Waals surface area (Å²) in [6.07, 6.45) is 8.64. The normalized spacial score (nSPS) is 33.5. The third-order valence-corrected chi connectivity index (χ3v) is 6.97. The van der Waals surface area contributed by atoms with E-state index in [0.717, 1.165) is 47.6 Å². The van der Waals surface area contributed by atoms with Crippen molar-refractivity contribution in [1.29, 1.82) is 0 Å². The van der Waals surface area contributed by atoms with E-state index in [0.29, 0.717) is 11.8 Å². The lowest BCUT2D eigenvalue weighted by Gasteiger charge is -2.61. The molecule has 0 saturated heterocycles. The van der Waals surface area contributed by atoms with Gasteiger partial charge in [0, 0.05) is 11.2 Å². The molecule has 2 unspecified atom stereocenters. The van der Waals surface area contributed by atoms with Crippen molar-refractivity contribution in [3.05, 3.63) is 30.0 Å². The first-order chi connectivity index (χ1) is 13.5. The minimum atomic E-state index is -0.0233. The van der Waals surface area contributed by atoms with Crippen LogP contribution in [0, 0.1) is 25.7 Å². The molecule has 8 heteroatoms. The first kappa shape index (κ1) is 16.3. The second-order valence-electron chi connectivity index (χ2n) is 9.26. The molecule has 0 spiro atoms. The number of nitrogens with one attached hydrogen (secondary N) is 1. The predicted octanol–water partition coefficient (Wildman–Crippen LogP) is 2.79.